The van der Waals surface area contributed by atoms with Gasteiger partial charge in [-0.05, 0) is 30.3 Å². The van der Waals surface area contributed by atoms with Gasteiger partial charge >= 0.3 is 0 Å². The van der Waals surface area contributed by atoms with Crippen molar-refractivity contribution in [2.24, 2.45) is 0 Å². The van der Waals surface area contributed by atoms with Crippen molar-refractivity contribution >= 4 is 27.2 Å². The Hall–Kier alpha value is -2.07. The third kappa shape index (κ3) is 2.28. The van der Waals surface area contributed by atoms with E-state index in [1.807, 2.05) is 48.5 Å². The van der Waals surface area contributed by atoms with Gasteiger partial charge < -0.3 is 10.5 Å². The number of fused-ring (bicyclic) bond motifs is 1. The van der Waals surface area contributed by atoms with E-state index in [4.69, 9.17) is 10.5 Å². The highest BCUT2D eigenvalue weighted by Crippen LogP contribution is 2.25. The molecule has 0 unspecified atom stereocenters. The van der Waals surface area contributed by atoms with Gasteiger partial charge in [0.05, 0.1) is 10.2 Å². The van der Waals surface area contributed by atoms with Crippen LogP contribution in [0.4, 0.5) is 5.69 Å². The second-order valence-electron chi connectivity index (χ2n) is 3.94. The molecule has 0 fully saturated rings. The predicted molar refractivity (Wildman–Crippen MR) is 74.8 cm³/mol. The molecule has 3 aromatic rings. The van der Waals surface area contributed by atoms with E-state index in [0.717, 1.165) is 26.7 Å². The minimum atomic E-state index is 0.489. The monoisotopic (exact) mass is 256 g/mol. The highest BCUT2D eigenvalue weighted by atomic mass is 32.1. The number of thiazole rings is 1. The highest BCUT2D eigenvalue weighted by molar-refractivity contribution is 7.18. The van der Waals surface area contributed by atoms with Gasteiger partial charge in [-0.3, -0.25) is 0 Å². The zero-order valence-electron chi connectivity index (χ0n) is 9.67. The summed E-state index contributed by atoms with van der Waals surface area (Å²) < 4.78 is 6.77. The van der Waals surface area contributed by atoms with Crippen LogP contribution in [0.2, 0.25) is 0 Å². The van der Waals surface area contributed by atoms with Crippen molar-refractivity contribution in [1.29, 1.82) is 0 Å². The molecule has 1 heterocycles. The fraction of sp³-hybridized carbons (Fsp3) is 0.0714. The summed E-state index contributed by atoms with van der Waals surface area (Å²) in [4.78, 5) is 4.51. The van der Waals surface area contributed by atoms with Crippen LogP contribution in [-0.2, 0) is 6.61 Å². The van der Waals surface area contributed by atoms with E-state index in [0.29, 0.717) is 6.61 Å². The first-order valence-electron chi connectivity index (χ1n) is 5.64. The maximum atomic E-state index is 5.75. The summed E-state index contributed by atoms with van der Waals surface area (Å²) in [6, 6.07) is 15.5. The molecule has 1 aromatic heterocycles. The van der Waals surface area contributed by atoms with E-state index in [-0.39, 0.29) is 0 Å². The minimum absolute atomic E-state index is 0.489. The van der Waals surface area contributed by atoms with Gasteiger partial charge in [-0.15, -0.1) is 11.3 Å². The lowest BCUT2D eigenvalue weighted by Gasteiger charge is -2.02. The molecule has 0 radical (unpaired) electrons. The number of anilines is 1. The normalized spacial score (nSPS) is 10.7. The van der Waals surface area contributed by atoms with E-state index in [1.165, 1.54) is 0 Å². The molecule has 0 aliphatic rings. The first-order chi connectivity index (χ1) is 8.81. The van der Waals surface area contributed by atoms with E-state index >= 15 is 0 Å². The first-order valence-corrected chi connectivity index (χ1v) is 6.46. The summed E-state index contributed by atoms with van der Waals surface area (Å²) >= 11 is 1.61. The highest BCUT2D eigenvalue weighted by Gasteiger charge is 2.04. The second-order valence-corrected chi connectivity index (χ2v) is 5.05. The first kappa shape index (κ1) is 11.0. The van der Waals surface area contributed by atoms with Crippen LogP contribution in [0.25, 0.3) is 10.2 Å². The number of nitrogen functional groups attached to an aromatic ring is 1. The van der Waals surface area contributed by atoms with Crippen LogP contribution >= 0.6 is 11.3 Å². The van der Waals surface area contributed by atoms with Crippen LogP contribution < -0.4 is 10.5 Å². The lowest BCUT2D eigenvalue weighted by Crippen LogP contribution is -1.93. The summed E-state index contributed by atoms with van der Waals surface area (Å²) in [5.41, 5.74) is 7.48. The van der Waals surface area contributed by atoms with Crippen molar-refractivity contribution in [3.63, 3.8) is 0 Å². The van der Waals surface area contributed by atoms with E-state index in [9.17, 15) is 0 Å². The Kier molecular flexibility index (Phi) is 2.86. The lowest BCUT2D eigenvalue weighted by atomic mass is 10.3. The standard InChI is InChI=1S/C14H12N2OS/c15-10-6-7-12-13(8-10)18-14(16-12)9-17-11-4-2-1-3-5-11/h1-8H,9,15H2. The molecule has 4 heteroatoms. The van der Waals surface area contributed by atoms with Crippen molar-refractivity contribution in [1.82, 2.24) is 4.98 Å². The van der Waals surface area contributed by atoms with Crippen molar-refractivity contribution < 1.29 is 4.74 Å². The molecule has 0 atom stereocenters. The number of nitrogens with zero attached hydrogens (tertiary/aromatic N) is 1. The molecule has 3 nitrogen and oxygen atoms in total. The number of para-hydroxylation sites is 1. The van der Waals surface area contributed by atoms with E-state index < -0.39 is 0 Å². The van der Waals surface area contributed by atoms with Gasteiger partial charge in [0.15, 0.2) is 0 Å². The van der Waals surface area contributed by atoms with Crippen molar-refractivity contribution in [3.8, 4) is 5.75 Å². The molecule has 0 bridgehead atoms. The number of ether oxygens (including phenoxy) is 1. The third-order valence-corrected chi connectivity index (χ3v) is 3.55. The number of hydrogen-bond donors (Lipinski definition) is 1. The molecule has 90 valence electrons. The predicted octanol–water partition coefficient (Wildman–Crippen LogP) is 3.46. The van der Waals surface area contributed by atoms with Gasteiger partial charge in [-0.25, -0.2) is 4.98 Å². The van der Waals surface area contributed by atoms with Crippen molar-refractivity contribution in [2.75, 3.05) is 5.73 Å². The zero-order valence-corrected chi connectivity index (χ0v) is 10.5. The second kappa shape index (κ2) is 4.66. The van der Waals surface area contributed by atoms with Gasteiger partial charge in [0, 0.05) is 5.69 Å². The van der Waals surface area contributed by atoms with Crippen LogP contribution in [0.3, 0.4) is 0 Å². The lowest BCUT2D eigenvalue weighted by molar-refractivity contribution is 0.306. The SMILES string of the molecule is Nc1ccc2nc(COc3ccccc3)sc2c1. The molecule has 18 heavy (non-hydrogen) atoms. The van der Waals surface area contributed by atoms with Crippen LogP contribution in [0.5, 0.6) is 5.75 Å². The molecule has 0 aliphatic heterocycles. The van der Waals surface area contributed by atoms with Gasteiger partial charge in [0.1, 0.15) is 17.4 Å². The smallest absolute Gasteiger partial charge is 0.140 e. The van der Waals surface area contributed by atoms with Crippen LogP contribution in [0.15, 0.2) is 48.5 Å². The fourth-order valence-corrected chi connectivity index (χ4v) is 2.64. The number of hydrogen-bond acceptors (Lipinski definition) is 4. The van der Waals surface area contributed by atoms with E-state index in [1.54, 1.807) is 11.3 Å². The molecule has 0 amide bonds. The molecule has 2 N–H and O–H groups in total. The van der Waals surface area contributed by atoms with Crippen LogP contribution in [0, 0.1) is 0 Å². The number of rotatable bonds is 3. The Balaban J connectivity index is 1.79. The largest absolute Gasteiger partial charge is 0.486 e. The Morgan fingerprint density at radius 2 is 1.94 bits per heavy atom. The minimum Gasteiger partial charge on any atom is -0.486 e. The molecule has 0 saturated heterocycles. The Morgan fingerprint density at radius 1 is 1.11 bits per heavy atom. The van der Waals surface area contributed by atoms with Gasteiger partial charge in [0.25, 0.3) is 0 Å². The average molecular weight is 256 g/mol. The Morgan fingerprint density at radius 3 is 2.78 bits per heavy atom. The molecule has 0 aliphatic carbocycles. The van der Waals surface area contributed by atoms with Gasteiger partial charge in [-0.1, -0.05) is 18.2 Å². The molecule has 0 spiro atoms. The van der Waals surface area contributed by atoms with Crippen molar-refractivity contribution in [2.45, 2.75) is 6.61 Å². The number of nitrogens with two attached hydrogens (primary N) is 1. The van der Waals surface area contributed by atoms with Gasteiger partial charge in [-0.2, -0.15) is 0 Å². The summed E-state index contributed by atoms with van der Waals surface area (Å²) in [6.07, 6.45) is 0. The topological polar surface area (TPSA) is 48.1 Å². The van der Waals surface area contributed by atoms with Crippen LogP contribution in [-0.4, -0.2) is 4.98 Å². The maximum absolute atomic E-state index is 5.75. The molecular weight excluding hydrogens is 244 g/mol. The van der Waals surface area contributed by atoms with E-state index in [2.05, 4.69) is 4.98 Å². The fourth-order valence-electron chi connectivity index (χ4n) is 1.71. The quantitative estimate of drug-likeness (QED) is 0.730. The number of benzene rings is 2. The average Bonchev–Trinajstić information content (AvgIpc) is 2.79. The maximum Gasteiger partial charge on any atom is 0.140 e. The molecule has 0 saturated carbocycles. The summed E-state index contributed by atoms with van der Waals surface area (Å²) in [6.45, 7) is 0.489. The Bertz CT molecular complexity index is 664. The number of aromatic nitrogens is 1. The van der Waals surface area contributed by atoms with Crippen molar-refractivity contribution in [3.05, 3.63) is 53.5 Å². The molecular formula is C14H12N2OS. The van der Waals surface area contributed by atoms with Gasteiger partial charge in [0.2, 0.25) is 0 Å². The summed E-state index contributed by atoms with van der Waals surface area (Å²) in [5, 5.41) is 0.958. The summed E-state index contributed by atoms with van der Waals surface area (Å²) in [7, 11) is 0. The van der Waals surface area contributed by atoms with Crippen LogP contribution in [0.1, 0.15) is 5.01 Å². The Labute approximate surface area is 109 Å². The molecule has 2 aromatic carbocycles. The zero-order chi connectivity index (χ0) is 12.4. The third-order valence-electron chi connectivity index (χ3n) is 2.56. The summed E-state index contributed by atoms with van der Waals surface area (Å²) in [5.74, 6) is 0.858. The molecule has 3 rings (SSSR count).